The van der Waals surface area contributed by atoms with Crippen molar-refractivity contribution in [3.8, 4) is 5.75 Å². The van der Waals surface area contributed by atoms with Crippen LogP contribution in [0.5, 0.6) is 5.75 Å². The summed E-state index contributed by atoms with van der Waals surface area (Å²) in [5.41, 5.74) is 5.97. The molecule has 0 amide bonds. The fourth-order valence-electron chi connectivity index (χ4n) is 1.54. The third-order valence-corrected chi connectivity index (χ3v) is 3.54. The van der Waals surface area contributed by atoms with Crippen LogP contribution in [0.2, 0.25) is 0 Å². The molecule has 19 heavy (non-hydrogen) atoms. The molecule has 5 nitrogen and oxygen atoms in total. The smallest absolute Gasteiger partial charge is 0.197 e. The molecule has 0 fully saturated rings. The Bertz CT molecular complexity index is 391. The average molecular weight is 287 g/mol. The van der Waals surface area contributed by atoms with Gasteiger partial charge in [0.05, 0.1) is 6.10 Å². The van der Waals surface area contributed by atoms with Crippen molar-refractivity contribution < 1.29 is 9.47 Å². The number of nitrogens with two attached hydrogens (primary N) is 1. The Balaban J connectivity index is 2.62. The lowest BCUT2D eigenvalue weighted by Crippen LogP contribution is -2.24. The van der Waals surface area contributed by atoms with Gasteiger partial charge in [-0.2, -0.15) is 4.37 Å². The summed E-state index contributed by atoms with van der Waals surface area (Å²) in [7, 11) is 1.72. The topological polar surface area (TPSA) is 69.4 Å². The average Bonchev–Trinajstić information content (AvgIpc) is 2.66. The Labute approximate surface area is 119 Å². The lowest BCUT2D eigenvalue weighted by Gasteiger charge is -2.25. The molecule has 0 saturated heterocycles. The molecule has 110 valence electrons. The van der Waals surface area contributed by atoms with Crippen molar-refractivity contribution in [1.82, 2.24) is 4.37 Å². The first-order valence-corrected chi connectivity index (χ1v) is 7.27. The highest BCUT2D eigenvalue weighted by Gasteiger charge is 2.20. The molecule has 0 atom stereocenters. The summed E-state index contributed by atoms with van der Waals surface area (Å²) in [6, 6.07) is 0. The van der Waals surface area contributed by atoms with Gasteiger partial charge in [0.2, 0.25) is 0 Å². The standard InChI is InChI=1S/C13H25N3O2S/c1-9(2)18-10-11(14)16-19-12(10)15-8-13(3,4)6-7-17-5/h9,15H,6-8H2,1-5H3,(H2,14,16). The Kier molecular flexibility index (Phi) is 5.87. The van der Waals surface area contributed by atoms with Gasteiger partial charge in [0, 0.05) is 20.3 Å². The molecular weight excluding hydrogens is 262 g/mol. The number of hydrogen-bond donors (Lipinski definition) is 2. The number of ether oxygens (including phenoxy) is 2. The van der Waals surface area contributed by atoms with Crippen LogP contribution in [0.3, 0.4) is 0 Å². The molecule has 1 rings (SSSR count). The fourth-order valence-corrected chi connectivity index (χ4v) is 2.19. The first-order valence-electron chi connectivity index (χ1n) is 6.50. The molecule has 0 radical (unpaired) electrons. The summed E-state index contributed by atoms with van der Waals surface area (Å²) in [5, 5.41) is 4.28. The number of rotatable bonds is 8. The van der Waals surface area contributed by atoms with Crippen LogP contribution in [0.4, 0.5) is 10.8 Å². The lowest BCUT2D eigenvalue weighted by molar-refractivity contribution is 0.157. The van der Waals surface area contributed by atoms with Crippen LogP contribution in [-0.4, -0.2) is 30.7 Å². The molecule has 0 aliphatic carbocycles. The number of methoxy groups -OCH3 is 1. The molecule has 1 aromatic rings. The van der Waals surface area contributed by atoms with Gasteiger partial charge in [-0.1, -0.05) is 13.8 Å². The number of nitrogen functional groups attached to an aromatic ring is 1. The molecule has 1 heterocycles. The second-order valence-corrected chi connectivity index (χ2v) is 6.43. The minimum absolute atomic E-state index is 0.0840. The summed E-state index contributed by atoms with van der Waals surface area (Å²) in [4.78, 5) is 0. The van der Waals surface area contributed by atoms with E-state index in [4.69, 9.17) is 15.2 Å². The van der Waals surface area contributed by atoms with Crippen LogP contribution in [0.1, 0.15) is 34.1 Å². The third-order valence-electron chi connectivity index (χ3n) is 2.74. The fraction of sp³-hybridized carbons (Fsp3) is 0.769. The Morgan fingerprint density at radius 2 is 2.11 bits per heavy atom. The monoisotopic (exact) mass is 287 g/mol. The number of nitrogens with one attached hydrogen (secondary N) is 1. The van der Waals surface area contributed by atoms with Crippen LogP contribution >= 0.6 is 11.5 Å². The highest BCUT2D eigenvalue weighted by molar-refractivity contribution is 7.11. The molecule has 0 aromatic carbocycles. The molecule has 6 heteroatoms. The van der Waals surface area contributed by atoms with Gasteiger partial charge >= 0.3 is 0 Å². The number of aromatic nitrogens is 1. The maximum absolute atomic E-state index is 5.82. The maximum Gasteiger partial charge on any atom is 0.197 e. The second-order valence-electron chi connectivity index (χ2n) is 5.65. The van der Waals surface area contributed by atoms with Gasteiger partial charge < -0.3 is 20.5 Å². The summed E-state index contributed by atoms with van der Waals surface area (Å²) in [6.07, 6.45) is 1.08. The predicted molar refractivity (Wildman–Crippen MR) is 81.1 cm³/mol. The Hall–Kier alpha value is -1.01. The molecule has 0 saturated carbocycles. The van der Waals surface area contributed by atoms with Gasteiger partial charge in [0.15, 0.2) is 16.6 Å². The van der Waals surface area contributed by atoms with Crippen LogP contribution in [0, 0.1) is 5.41 Å². The van der Waals surface area contributed by atoms with E-state index in [1.54, 1.807) is 7.11 Å². The van der Waals surface area contributed by atoms with Gasteiger partial charge in [0.25, 0.3) is 0 Å². The summed E-state index contributed by atoms with van der Waals surface area (Å²) >= 11 is 1.34. The zero-order valence-corrected chi connectivity index (χ0v) is 13.3. The van der Waals surface area contributed by atoms with Crippen molar-refractivity contribution in [2.75, 3.05) is 31.3 Å². The van der Waals surface area contributed by atoms with Crippen LogP contribution in [0.25, 0.3) is 0 Å². The van der Waals surface area contributed by atoms with Crippen molar-refractivity contribution in [2.45, 2.75) is 40.2 Å². The van der Waals surface area contributed by atoms with E-state index < -0.39 is 0 Å². The van der Waals surface area contributed by atoms with E-state index in [0.717, 1.165) is 24.6 Å². The highest BCUT2D eigenvalue weighted by atomic mass is 32.1. The van der Waals surface area contributed by atoms with Crippen molar-refractivity contribution in [3.05, 3.63) is 0 Å². The summed E-state index contributed by atoms with van der Waals surface area (Å²) < 4.78 is 15.0. The molecule has 0 aliphatic heterocycles. The van der Waals surface area contributed by atoms with E-state index in [0.29, 0.717) is 11.6 Å². The minimum atomic E-state index is 0.0840. The van der Waals surface area contributed by atoms with E-state index in [2.05, 4.69) is 23.5 Å². The number of anilines is 2. The van der Waals surface area contributed by atoms with Crippen LogP contribution < -0.4 is 15.8 Å². The molecule has 1 aromatic heterocycles. The van der Waals surface area contributed by atoms with E-state index in [-0.39, 0.29) is 11.5 Å². The van der Waals surface area contributed by atoms with Crippen molar-refractivity contribution in [2.24, 2.45) is 5.41 Å². The first kappa shape index (κ1) is 16.0. The Morgan fingerprint density at radius 1 is 1.42 bits per heavy atom. The molecule has 0 unspecified atom stereocenters. The van der Waals surface area contributed by atoms with Gasteiger partial charge in [-0.05, 0) is 37.2 Å². The van der Waals surface area contributed by atoms with Crippen molar-refractivity contribution in [3.63, 3.8) is 0 Å². The molecule has 0 bridgehead atoms. The van der Waals surface area contributed by atoms with E-state index in [9.17, 15) is 0 Å². The highest BCUT2D eigenvalue weighted by Crippen LogP contribution is 2.36. The molecule has 0 spiro atoms. The minimum Gasteiger partial charge on any atom is -0.484 e. The largest absolute Gasteiger partial charge is 0.484 e. The van der Waals surface area contributed by atoms with E-state index in [1.165, 1.54) is 11.5 Å². The lowest BCUT2D eigenvalue weighted by atomic mass is 9.90. The molecule has 0 aliphatic rings. The normalized spacial score (nSPS) is 11.9. The second kappa shape index (κ2) is 6.96. The predicted octanol–water partition coefficient (Wildman–Crippen LogP) is 2.99. The van der Waals surface area contributed by atoms with Gasteiger partial charge in [0.1, 0.15) is 0 Å². The zero-order chi connectivity index (χ0) is 14.5. The zero-order valence-electron chi connectivity index (χ0n) is 12.4. The Morgan fingerprint density at radius 3 is 2.68 bits per heavy atom. The molecule has 3 N–H and O–H groups in total. The van der Waals surface area contributed by atoms with Crippen molar-refractivity contribution in [1.29, 1.82) is 0 Å². The van der Waals surface area contributed by atoms with E-state index in [1.807, 2.05) is 13.8 Å². The number of nitrogens with zero attached hydrogens (tertiary/aromatic N) is 1. The van der Waals surface area contributed by atoms with Crippen LogP contribution in [-0.2, 0) is 4.74 Å². The third kappa shape index (κ3) is 5.24. The van der Waals surface area contributed by atoms with Gasteiger partial charge in [-0.3, -0.25) is 0 Å². The SMILES string of the molecule is COCCC(C)(C)CNc1snc(N)c1OC(C)C. The van der Waals surface area contributed by atoms with Crippen molar-refractivity contribution >= 4 is 22.4 Å². The van der Waals surface area contributed by atoms with Gasteiger partial charge in [-0.15, -0.1) is 0 Å². The quantitative estimate of drug-likeness (QED) is 0.769. The molecular formula is C13H25N3O2S. The first-order chi connectivity index (χ1) is 8.85. The van der Waals surface area contributed by atoms with E-state index >= 15 is 0 Å². The van der Waals surface area contributed by atoms with Gasteiger partial charge in [-0.25, -0.2) is 0 Å². The number of hydrogen-bond acceptors (Lipinski definition) is 6. The summed E-state index contributed by atoms with van der Waals surface area (Å²) in [5.74, 6) is 1.12. The maximum atomic E-state index is 5.82. The summed E-state index contributed by atoms with van der Waals surface area (Å²) in [6.45, 7) is 9.94. The van der Waals surface area contributed by atoms with Crippen LogP contribution in [0.15, 0.2) is 0 Å².